The Bertz CT molecular complexity index is 273. The van der Waals surface area contributed by atoms with E-state index in [0.717, 1.165) is 38.5 Å². The van der Waals surface area contributed by atoms with Crippen LogP contribution in [0.3, 0.4) is 0 Å². The monoisotopic (exact) mass is 305 g/mol. The van der Waals surface area contributed by atoms with Gasteiger partial charge in [-0.15, -0.1) is 0 Å². The molecule has 0 bridgehead atoms. The molecule has 0 spiro atoms. The lowest BCUT2D eigenvalue weighted by molar-refractivity contribution is -0.123. The van der Waals surface area contributed by atoms with Crippen molar-refractivity contribution in [1.82, 2.24) is 5.32 Å². The Morgan fingerprint density at radius 1 is 1.24 bits per heavy atom. The fourth-order valence-corrected chi connectivity index (χ4v) is 2.83. The van der Waals surface area contributed by atoms with E-state index in [2.05, 4.69) is 21.2 Å². The molecule has 0 aromatic rings. The SMILES string of the molecule is CCOC(=O)NC1(C(=O)CBr)CCCCCC1. The molecule has 1 aliphatic carbocycles. The zero-order chi connectivity index (χ0) is 12.7. The quantitative estimate of drug-likeness (QED) is 0.642. The second-order valence-electron chi connectivity index (χ2n) is 4.40. The van der Waals surface area contributed by atoms with E-state index in [1.807, 2.05) is 0 Å². The number of hydrogen-bond donors (Lipinski definition) is 1. The van der Waals surface area contributed by atoms with Gasteiger partial charge < -0.3 is 10.1 Å². The van der Waals surface area contributed by atoms with Crippen molar-refractivity contribution in [3.63, 3.8) is 0 Å². The lowest BCUT2D eigenvalue weighted by Crippen LogP contribution is -2.54. The summed E-state index contributed by atoms with van der Waals surface area (Å²) < 4.78 is 4.89. The van der Waals surface area contributed by atoms with E-state index in [-0.39, 0.29) is 11.1 Å². The number of Topliss-reactive ketones (excluding diaryl/α,β-unsaturated/α-hetero) is 1. The number of rotatable bonds is 4. The number of ketones is 1. The molecule has 4 nitrogen and oxygen atoms in total. The van der Waals surface area contributed by atoms with Gasteiger partial charge >= 0.3 is 6.09 Å². The van der Waals surface area contributed by atoms with Crippen LogP contribution in [0.15, 0.2) is 0 Å². The van der Waals surface area contributed by atoms with E-state index in [1.54, 1.807) is 6.92 Å². The van der Waals surface area contributed by atoms with Crippen LogP contribution in [0.25, 0.3) is 0 Å². The Morgan fingerprint density at radius 2 is 1.82 bits per heavy atom. The van der Waals surface area contributed by atoms with E-state index in [9.17, 15) is 9.59 Å². The van der Waals surface area contributed by atoms with Gasteiger partial charge in [0.05, 0.1) is 11.9 Å². The highest BCUT2D eigenvalue weighted by Gasteiger charge is 2.39. The first-order valence-corrected chi connectivity index (χ1v) is 7.31. The predicted octanol–water partition coefficient (Wildman–Crippen LogP) is 2.79. The number of halogens is 1. The molecule has 0 aromatic heterocycles. The van der Waals surface area contributed by atoms with Gasteiger partial charge in [-0.25, -0.2) is 4.79 Å². The van der Waals surface area contributed by atoms with Crippen LogP contribution in [-0.4, -0.2) is 29.4 Å². The first-order valence-electron chi connectivity index (χ1n) is 6.19. The molecule has 0 saturated heterocycles. The summed E-state index contributed by atoms with van der Waals surface area (Å²) in [5, 5.41) is 3.06. The maximum atomic E-state index is 12.1. The topological polar surface area (TPSA) is 55.4 Å². The highest BCUT2D eigenvalue weighted by Crippen LogP contribution is 2.28. The normalized spacial score (nSPS) is 19.2. The third kappa shape index (κ3) is 3.98. The molecular weight excluding hydrogens is 286 g/mol. The number of carbonyl (C=O) groups excluding carboxylic acids is 2. The van der Waals surface area contributed by atoms with Gasteiger partial charge in [-0.2, -0.15) is 0 Å². The number of alkyl carbamates (subject to hydrolysis) is 1. The molecule has 98 valence electrons. The Labute approximate surface area is 111 Å². The Morgan fingerprint density at radius 3 is 2.29 bits per heavy atom. The molecule has 1 saturated carbocycles. The fourth-order valence-electron chi connectivity index (χ4n) is 2.30. The van der Waals surface area contributed by atoms with Gasteiger partial charge in [0.2, 0.25) is 0 Å². The third-order valence-corrected chi connectivity index (χ3v) is 3.74. The van der Waals surface area contributed by atoms with Gasteiger partial charge in [0.15, 0.2) is 5.78 Å². The lowest BCUT2D eigenvalue weighted by atomic mass is 9.86. The minimum Gasteiger partial charge on any atom is -0.450 e. The Balaban J connectivity index is 2.76. The van der Waals surface area contributed by atoms with E-state index >= 15 is 0 Å². The van der Waals surface area contributed by atoms with Crippen molar-refractivity contribution in [3.05, 3.63) is 0 Å². The number of hydrogen-bond acceptors (Lipinski definition) is 3. The van der Waals surface area contributed by atoms with E-state index < -0.39 is 11.6 Å². The number of amides is 1. The summed E-state index contributed by atoms with van der Waals surface area (Å²) >= 11 is 3.20. The van der Waals surface area contributed by atoms with Crippen molar-refractivity contribution in [2.75, 3.05) is 11.9 Å². The molecule has 17 heavy (non-hydrogen) atoms. The highest BCUT2D eigenvalue weighted by molar-refractivity contribution is 9.09. The summed E-state index contributed by atoms with van der Waals surface area (Å²) in [6.07, 6.45) is 5.16. The summed E-state index contributed by atoms with van der Waals surface area (Å²) in [6, 6.07) is 0. The molecule has 0 heterocycles. The number of carbonyl (C=O) groups is 2. The average Bonchev–Trinajstić information content (AvgIpc) is 2.55. The third-order valence-electron chi connectivity index (χ3n) is 3.23. The van der Waals surface area contributed by atoms with Gasteiger partial charge in [0.1, 0.15) is 5.54 Å². The maximum Gasteiger partial charge on any atom is 0.407 e. The van der Waals surface area contributed by atoms with E-state index in [0.29, 0.717) is 6.61 Å². The summed E-state index contributed by atoms with van der Waals surface area (Å²) in [6.45, 7) is 2.08. The second-order valence-corrected chi connectivity index (χ2v) is 4.96. The maximum absolute atomic E-state index is 12.1. The van der Waals surface area contributed by atoms with E-state index in [1.165, 1.54) is 0 Å². The van der Waals surface area contributed by atoms with Gasteiger partial charge in [-0.1, -0.05) is 41.6 Å². The number of nitrogens with one attached hydrogen (secondary N) is 1. The fraction of sp³-hybridized carbons (Fsp3) is 0.833. The van der Waals surface area contributed by atoms with Crippen molar-refractivity contribution >= 4 is 27.8 Å². The average molecular weight is 306 g/mol. The molecule has 5 heteroatoms. The van der Waals surface area contributed by atoms with Crippen LogP contribution in [0, 0.1) is 0 Å². The zero-order valence-electron chi connectivity index (χ0n) is 10.3. The molecule has 1 rings (SSSR count). The molecule has 0 atom stereocenters. The molecule has 0 aliphatic heterocycles. The lowest BCUT2D eigenvalue weighted by Gasteiger charge is -2.31. The van der Waals surface area contributed by atoms with Crippen molar-refractivity contribution in [2.24, 2.45) is 0 Å². The molecule has 0 radical (unpaired) electrons. The van der Waals surface area contributed by atoms with Crippen molar-refractivity contribution < 1.29 is 14.3 Å². The summed E-state index contributed by atoms with van der Waals surface area (Å²) in [5.74, 6) is 0.0486. The van der Waals surface area contributed by atoms with Gasteiger partial charge in [0.25, 0.3) is 0 Å². The Hall–Kier alpha value is -0.580. The van der Waals surface area contributed by atoms with Crippen LogP contribution < -0.4 is 5.32 Å². The first-order chi connectivity index (χ1) is 8.14. The molecule has 1 amide bonds. The second kappa shape index (κ2) is 6.99. The predicted molar refractivity (Wildman–Crippen MR) is 69.4 cm³/mol. The van der Waals surface area contributed by atoms with Crippen LogP contribution in [0.5, 0.6) is 0 Å². The van der Waals surface area contributed by atoms with Crippen molar-refractivity contribution in [3.8, 4) is 0 Å². The number of ether oxygens (including phenoxy) is 1. The zero-order valence-corrected chi connectivity index (χ0v) is 11.8. The largest absolute Gasteiger partial charge is 0.450 e. The molecule has 0 unspecified atom stereocenters. The van der Waals surface area contributed by atoms with Crippen LogP contribution >= 0.6 is 15.9 Å². The molecule has 0 aromatic carbocycles. The van der Waals surface area contributed by atoms with E-state index in [4.69, 9.17) is 4.74 Å². The van der Waals surface area contributed by atoms with Gasteiger partial charge in [-0.3, -0.25) is 4.79 Å². The summed E-state index contributed by atoms with van der Waals surface area (Å²) in [4.78, 5) is 23.6. The molecular formula is C12H20BrNO3. The standard InChI is InChI=1S/C12H20BrNO3/c1-2-17-11(16)14-12(10(15)9-13)7-5-3-4-6-8-12/h2-9H2,1H3,(H,14,16). The molecule has 1 N–H and O–H groups in total. The van der Waals surface area contributed by atoms with Crippen LogP contribution in [-0.2, 0) is 9.53 Å². The minimum atomic E-state index is -0.716. The minimum absolute atomic E-state index is 0.0486. The summed E-state index contributed by atoms with van der Waals surface area (Å²) in [7, 11) is 0. The van der Waals surface area contributed by atoms with Gasteiger partial charge in [0, 0.05) is 0 Å². The van der Waals surface area contributed by atoms with Crippen LogP contribution in [0.4, 0.5) is 4.79 Å². The summed E-state index contributed by atoms with van der Waals surface area (Å²) in [5.41, 5.74) is -0.716. The van der Waals surface area contributed by atoms with Crippen LogP contribution in [0.1, 0.15) is 45.4 Å². The first kappa shape index (κ1) is 14.5. The molecule has 1 aliphatic rings. The van der Waals surface area contributed by atoms with Crippen LogP contribution in [0.2, 0.25) is 0 Å². The highest BCUT2D eigenvalue weighted by atomic mass is 79.9. The number of alkyl halides is 1. The Kier molecular flexibility index (Phi) is 5.95. The smallest absolute Gasteiger partial charge is 0.407 e. The van der Waals surface area contributed by atoms with Crippen molar-refractivity contribution in [2.45, 2.75) is 51.0 Å². The van der Waals surface area contributed by atoms with Gasteiger partial charge in [-0.05, 0) is 19.8 Å². The molecule has 1 fully saturated rings. The van der Waals surface area contributed by atoms with Crippen molar-refractivity contribution in [1.29, 1.82) is 0 Å².